The molecule has 0 radical (unpaired) electrons. The van der Waals surface area contributed by atoms with E-state index in [2.05, 4.69) is 35.6 Å². The van der Waals surface area contributed by atoms with Crippen LogP contribution in [0.5, 0.6) is 0 Å². The fourth-order valence-corrected chi connectivity index (χ4v) is 2.12. The monoisotopic (exact) mass is 244 g/mol. The second-order valence-electron chi connectivity index (χ2n) is 4.91. The summed E-state index contributed by atoms with van der Waals surface area (Å²) in [7, 11) is 0. The number of rotatable bonds is 4. The molecule has 0 spiro atoms. The van der Waals surface area contributed by atoms with Gasteiger partial charge < -0.3 is 10.6 Å². The van der Waals surface area contributed by atoms with E-state index < -0.39 is 0 Å². The zero-order chi connectivity index (χ0) is 13.1. The lowest BCUT2D eigenvalue weighted by Gasteiger charge is -2.25. The minimum absolute atomic E-state index is 0.601. The highest BCUT2D eigenvalue weighted by atomic mass is 15.2. The normalized spacial score (nSPS) is 11.1. The maximum Gasteiger partial charge on any atom is 0.139 e. The molecule has 0 aliphatic rings. The quantitative estimate of drug-likeness (QED) is 0.840. The van der Waals surface area contributed by atoms with Crippen LogP contribution in [0.1, 0.15) is 20.8 Å². The summed E-state index contributed by atoms with van der Waals surface area (Å²) in [6.07, 6.45) is 1.61. The Kier molecular flexibility index (Phi) is 3.65. The second-order valence-corrected chi connectivity index (χ2v) is 4.91. The van der Waals surface area contributed by atoms with E-state index in [1.165, 1.54) is 0 Å². The van der Waals surface area contributed by atoms with Gasteiger partial charge in [-0.3, -0.25) is 0 Å². The number of nitrogens with two attached hydrogens (primary N) is 1. The first-order valence-electron chi connectivity index (χ1n) is 6.37. The summed E-state index contributed by atoms with van der Waals surface area (Å²) in [4.78, 5) is 11.0. The maximum atomic E-state index is 5.79. The molecule has 0 aliphatic heterocycles. The number of nitrogen functional groups attached to an aromatic ring is 1. The van der Waals surface area contributed by atoms with Gasteiger partial charge >= 0.3 is 0 Å². The molecule has 2 N–H and O–H groups in total. The first kappa shape index (κ1) is 12.6. The van der Waals surface area contributed by atoms with Crippen molar-refractivity contribution in [3.05, 3.63) is 24.5 Å². The van der Waals surface area contributed by atoms with Crippen molar-refractivity contribution in [2.75, 3.05) is 23.7 Å². The Morgan fingerprint density at radius 3 is 2.72 bits per heavy atom. The summed E-state index contributed by atoms with van der Waals surface area (Å²) < 4.78 is 0. The number of hydrogen-bond donors (Lipinski definition) is 1. The predicted molar refractivity (Wildman–Crippen MR) is 76.7 cm³/mol. The lowest BCUT2D eigenvalue weighted by Crippen LogP contribution is -2.28. The molecule has 0 saturated heterocycles. The van der Waals surface area contributed by atoms with Gasteiger partial charge in [0.1, 0.15) is 12.1 Å². The van der Waals surface area contributed by atoms with Crippen LogP contribution in [0.25, 0.3) is 10.9 Å². The highest BCUT2D eigenvalue weighted by molar-refractivity contribution is 5.91. The van der Waals surface area contributed by atoms with Crippen molar-refractivity contribution in [1.82, 2.24) is 9.97 Å². The van der Waals surface area contributed by atoms with Gasteiger partial charge in [0.05, 0.1) is 5.52 Å². The van der Waals surface area contributed by atoms with Crippen LogP contribution in [0.2, 0.25) is 0 Å². The standard InChI is InChI=1S/C14H20N4/c1-4-18(8-10(2)3)14-12-6-5-11(15)7-13(12)16-9-17-14/h5-7,9-10H,4,8,15H2,1-3H3. The third-order valence-electron chi connectivity index (χ3n) is 2.91. The summed E-state index contributed by atoms with van der Waals surface area (Å²) in [6, 6.07) is 5.80. The van der Waals surface area contributed by atoms with Crippen molar-refractivity contribution in [2.24, 2.45) is 5.92 Å². The van der Waals surface area contributed by atoms with Crippen LogP contribution in [0, 0.1) is 5.92 Å². The molecule has 4 heteroatoms. The molecule has 96 valence electrons. The summed E-state index contributed by atoms with van der Waals surface area (Å²) in [6.45, 7) is 8.50. The van der Waals surface area contributed by atoms with E-state index in [0.717, 1.165) is 35.5 Å². The average Bonchev–Trinajstić information content (AvgIpc) is 2.34. The molecule has 0 amide bonds. The Hall–Kier alpha value is -1.84. The Morgan fingerprint density at radius 2 is 2.06 bits per heavy atom. The minimum Gasteiger partial charge on any atom is -0.399 e. The number of fused-ring (bicyclic) bond motifs is 1. The van der Waals surface area contributed by atoms with Gasteiger partial charge in [0.15, 0.2) is 0 Å². The zero-order valence-corrected chi connectivity index (χ0v) is 11.2. The fourth-order valence-electron chi connectivity index (χ4n) is 2.12. The van der Waals surface area contributed by atoms with Crippen molar-refractivity contribution in [1.29, 1.82) is 0 Å². The molecule has 0 fully saturated rings. The summed E-state index contributed by atoms with van der Waals surface area (Å²) in [5.74, 6) is 1.60. The van der Waals surface area contributed by atoms with Crippen molar-refractivity contribution in [3.63, 3.8) is 0 Å². The van der Waals surface area contributed by atoms with Gasteiger partial charge in [-0.15, -0.1) is 0 Å². The molecule has 1 aromatic heterocycles. The molecule has 4 nitrogen and oxygen atoms in total. The summed E-state index contributed by atoms with van der Waals surface area (Å²) in [5.41, 5.74) is 7.43. The molecule has 0 atom stereocenters. The molecule has 0 aliphatic carbocycles. The van der Waals surface area contributed by atoms with Gasteiger partial charge in [0, 0.05) is 24.2 Å². The molecule has 1 aromatic carbocycles. The molecule has 2 aromatic rings. The summed E-state index contributed by atoms with van der Waals surface area (Å²) in [5, 5.41) is 1.06. The van der Waals surface area contributed by atoms with Crippen LogP contribution >= 0.6 is 0 Å². The first-order chi connectivity index (χ1) is 8.61. The van der Waals surface area contributed by atoms with Crippen LogP contribution < -0.4 is 10.6 Å². The number of aromatic nitrogens is 2. The zero-order valence-electron chi connectivity index (χ0n) is 11.2. The van der Waals surface area contributed by atoms with Gasteiger partial charge in [0.25, 0.3) is 0 Å². The lowest BCUT2D eigenvalue weighted by atomic mass is 10.1. The number of anilines is 2. The van der Waals surface area contributed by atoms with Gasteiger partial charge in [-0.05, 0) is 31.0 Å². The molecule has 0 unspecified atom stereocenters. The van der Waals surface area contributed by atoms with Crippen molar-refractivity contribution < 1.29 is 0 Å². The minimum atomic E-state index is 0.601. The van der Waals surface area contributed by atoms with Crippen LogP contribution in [-0.2, 0) is 0 Å². The van der Waals surface area contributed by atoms with Gasteiger partial charge in [-0.1, -0.05) is 13.8 Å². The van der Waals surface area contributed by atoms with Gasteiger partial charge in [0.2, 0.25) is 0 Å². The molecule has 18 heavy (non-hydrogen) atoms. The highest BCUT2D eigenvalue weighted by Crippen LogP contribution is 2.24. The smallest absolute Gasteiger partial charge is 0.139 e. The van der Waals surface area contributed by atoms with E-state index in [1.807, 2.05) is 18.2 Å². The fraction of sp³-hybridized carbons (Fsp3) is 0.429. The topological polar surface area (TPSA) is 55.0 Å². The van der Waals surface area contributed by atoms with E-state index in [1.54, 1.807) is 6.33 Å². The molecule has 0 bridgehead atoms. The average molecular weight is 244 g/mol. The Bertz CT molecular complexity index is 536. The molecule has 1 heterocycles. The largest absolute Gasteiger partial charge is 0.399 e. The van der Waals surface area contributed by atoms with E-state index in [0.29, 0.717) is 5.92 Å². The number of hydrogen-bond acceptors (Lipinski definition) is 4. The number of nitrogens with zero attached hydrogens (tertiary/aromatic N) is 3. The van der Waals surface area contributed by atoms with E-state index >= 15 is 0 Å². The number of benzene rings is 1. The second kappa shape index (κ2) is 5.21. The highest BCUT2D eigenvalue weighted by Gasteiger charge is 2.12. The van der Waals surface area contributed by atoms with Crippen LogP contribution in [0.4, 0.5) is 11.5 Å². The SMILES string of the molecule is CCN(CC(C)C)c1ncnc2cc(N)ccc12. The Balaban J connectivity index is 2.49. The van der Waals surface area contributed by atoms with Crippen LogP contribution in [-0.4, -0.2) is 23.1 Å². The predicted octanol–water partition coefficient (Wildman–Crippen LogP) is 2.69. The van der Waals surface area contributed by atoms with Crippen molar-refractivity contribution in [2.45, 2.75) is 20.8 Å². The molecule has 0 saturated carbocycles. The molecular weight excluding hydrogens is 224 g/mol. The van der Waals surface area contributed by atoms with E-state index in [-0.39, 0.29) is 0 Å². The van der Waals surface area contributed by atoms with Crippen LogP contribution in [0.3, 0.4) is 0 Å². The first-order valence-corrected chi connectivity index (χ1v) is 6.37. The third kappa shape index (κ3) is 2.53. The van der Waals surface area contributed by atoms with Gasteiger partial charge in [-0.2, -0.15) is 0 Å². The third-order valence-corrected chi connectivity index (χ3v) is 2.91. The van der Waals surface area contributed by atoms with Crippen LogP contribution in [0.15, 0.2) is 24.5 Å². The van der Waals surface area contributed by atoms with E-state index in [4.69, 9.17) is 5.73 Å². The van der Waals surface area contributed by atoms with Gasteiger partial charge in [-0.25, -0.2) is 9.97 Å². The Labute approximate surface area is 108 Å². The maximum absolute atomic E-state index is 5.79. The Morgan fingerprint density at radius 1 is 1.28 bits per heavy atom. The van der Waals surface area contributed by atoms with Crippen molar-refractivity contribution in [3.8, 4) is 0 Å². The molecule has 2 rings (SSSR count). The van der Waals surface area contributed by atoms with Crippen molar-refractivity contribution >= 4 is 22.4 Å². The lowest BCUT2D eigenvalue weighted by molar-refractivity contribution is 0.615. The van der Waals surface area contributed by atoms with E-state index in [9.17, 15) is 0 Å². The molecular formula is C14H20N4. The summed E-state index contributed by atoms with van der Waals surface area (Å²) >= 11 is 0.